The number of aliphatic carboxylic acids is 1. The van der Waals surface area contributed by atoms with E-state index in [4.69, 9.17) is 0 Å². The molecule has 1 unspecified atom stereocenters. The van der Waals surface area contributed by atoms with Crippen molar-refractivity contribution in [3.8, 4) is 11.8 Å². The molecule has 0 fully saturated rings. The Bertz CT molecular complexity index is 1060. The SMILES string of the molecule is CC(C)CCN(C(=O)NC(CSCC(C)C)C(=O)O)C(=O)c1cccc(C#Cc2ccccc2)c1. The number of hydrogen-bond acceptors (Lipinski definition) is 4. The summed E-state index contributed by atoms with van der Waals surface area (Å²) in [7, 11) is 0. The summed E-state index contributed by atoms with van der Waals surface area (Å²) in [6, 6.07) is 14.6. The van der Waals surface area contributed by atoms with Crippen LogP contribution in [-0.4, -0.2) is 52.0 Å². The zero-order valence-corrected chi connectivity index (χ0v) is 21.6. The first-order chi connectivity index (χ1) is 16.7. The Morgan fingerprint density at radius 1 is 0.914 bits per heavy atom. The highest BCUT2D eigenvalue weighted by Gasteiger charge is 2.28. The monoisotopic (exact) mass is 494 g/mol. The van der Waals surface area contributed by atoms with Crippen LogP contribution in [-0.2, 0) is 4.79 Å². The quantitative estimate of drug-likeness (QED) is 0.448. The maximum atomic E-state index is 13.3. The molecular formula is C28H34N2O4S. The molecule has 3 amide bonds. The summed E-state index contributed by atoms with van der Waals surface area (Å²) in [6.07, 6.45) is 0.604. The average molecular weight is 495 g/mol. The Kier molecular flexibility index (Phi) is 11.4. The highest BCUT2D eigenvalue weighted by molar-refractivity contribution is 7.99. The molecule has 1 atom stereocenters. The molecule has 186 valence electrons. The van der Waals surface area contributed by atoms with Crippen LogP contribution in [0.15, 0.2) is 54.6 Å². The minimum absolute atomic E-state index is 0.188. The van der Waals surface area contributed by atoms with E-state index in [0.29, 0.717) is 23.5 Å². The van der Waals surface area contributed by atoms with Crippen LogP contribution in [0.5, 0.6) is 0 Å². The van der Waals surface area contributed by atoms with E-state index < -0.39 is 23.9 Å². The number of benzene rings is 2. The molecule has 2 aromatic rings. The van der Waals surface area contributed by atoms with Crippen LogP contribution in [0.3, 0.4) is 0 Å². The number of carboxylic acids is 1. The fourth-order valence-electron chi connectivity index (χ4n) is 3.06. The lowest BCUT2D eigenvalue weighted by Crippen LogP contribution is -2.51. The lowest BCUT2D eigenvalue weighted by Gasteiger charge is -2.24. The van der Waals surface area contributed by atoms with E-state index in [0.717, 1.165) is 16.2 Å². The van der Waals surface area contributed by atoms with Gasteiger partial charge in [-0.2, -0.15) is 11.8 Å². The van der Waals surface area contributed by atoms with Crippen LogP contribution in [0.25, 0.3) is 0 Å². The number of nitrogens with zero attached hydrogens (tertiary/aromatic N) is 1. The van der Waals surface area contributed by atoms with Crippen molar-refractivity contribution in [1.29, 1.82) is 0 Å². The minimum Gasteiger partial charge on any atom is -0.480 e. The second-order valence-electron chi connectivity index (χ2n) is 9.11. The maximum Gasteiger partial charge on any atom is 0.327 e. The van der Waals surface area contributed by atoms with Gasteiger partial charge in [0.15, 0.2) is 0 Å². The number of imide groups is 1. The zero-order valence-electron chi connectivity index (χ0n) is 20.8. The number of carbonyl (C=O) groups is 3. The molecule has 0 saturated carbocycles. The predicted octanol–water partition coefficient (Wildman–Crippen LogP) is 5.13. The summed E-state index contributed by atoms with van der Waals surface area (Å²) in [4.78, 5) is 39.2. The molecule has 0 saturated heterocycles. The number of rotatable bonds is 10. The van der Waals surface area contributed by atoms with E-state index in [9.17, 15) is 19.5 Å². The van der Waals surface area contributed by atoms with Gasteiger partial charge in [0.2, 0.25) is 0 Å². The van der Waals surface area contributed by atoms with Gasteiger partial charge < -0.3 is 10.4 Å². The van der Waals surface area contributed by atoms with Crippen molar-refractivity contribution >= 4 is 29.7 Å². The Balaban J connectivity index is 2.21. The summed E-state index contributed by atoms with van der Waals surface area (Å²) in [5.74, 6) is 6.20. The van der Waals surface area contributed by atoms with E-state index in [1.54, 1.807) is 24.3 Å². The van der Waals surface area contributed by atoms with Crippen LogP contribution in [0.2, 0.25) is 0 Å². The number of amides is 3. The molecule has 0 spiro atoms. The van der Waals surface area contributed by atoms with Crippen molar-refractivity contribution in [2.75, 3.05) is 18.1 Å². The Labute approximate surface area is 212 Å². The van der Waals surface area contributed by atoms with Crippen LogP contribution < -0.4 is 5.32 Å². The molecule has 35 heavy (non-hydrogen) atoms. The normalized spacial score (nSPS) is 11.5. The molecule has 0 bridgehead atoms. The fraction of sp³-hybridized carbons (Fsp3) is 0.393. The number of urea groups is 1. The van der Waals surface area contributed by atoms with Gasteiger partial charge in [0.05, 0.1) is 0 Å². The van der Waals surface area contributed by atoms with Gasteiger partial charge in [-0.1, -0.05) is 63.8 Å². The highest BCUT2D eigenvalue weighted by Crippen LogP contribution is 2.13. The topological polar surface area (TPSA) is 86.7 Å². The number of carbonyl (C=O) groups excluding carboxylic acids is 2. The average Bonchev–Trinajstić information content (AvgIpc) is 2.82. The standard InChI is InChI=1S/C28H34N2O4S/c1-20(2)15-16-30(28(34)29-25(27(32)33)19-35-18-21(3)4)26(31)24-12-8-11-23(17-24)14-13-22-9-6-5-7-10-22/h5-12,17,20-21,25H,15-16,18-19H2,1-4H3,(H,29,34)(H,32,33). The molecule has 0 aromatic heterocycles. The van der Waals surface area contributed by atoms with Gasteiger partial charge in [0.1, 0.15) is 6.04 Å². The molecule has 0 aliphatic rings. The van der Waals surface area contributed by atoms with Crippen molar-refractivity contribution in [3.05, 3.63) is 71.3 Å². The first-order valence-electron chi connectivity index (χ1n) is 11.8. The third-order valence-electron chi connectivity index (χ3n) is 4.99. The second-order valence-corrected chi connectivity index (χ2v) is 10.2. The number of carboxylic acid groups (broad SMARTS) is 1. The Morgan fingerprint density at radius 3 is 2.20 bits per heavy atom. The molecule has 0 aliphatic heterocycles. The van der Waals surface area contributed by atoms with Crippen LogP contribution in [0.4, 0.5) is 4.79 Å². The number of thioether (sulfide) groups is 1. The van der Waals surface area contributed by atoms with E-state index in [1.165, 1.54) is 11.8 Å². The first-order valence-corrected chi connectivity index (χ1v) is 12.9. The van der Waals surface area contributed by atoms with Gasteiger partial charge in [-0.3, -0.25) is 9.69 Å². The summed E-state index contributed by atoms with van der Waals surface area (Å²) in [5.41, 5.74) is 1.83. The molecular weight excluding hydrogens is 460 g/mol. The Morgan fingerprint density at radius 2 is 1.57 bits per heavy atom. The molecule has 6 nitrogen and oxygen atoms in total. The fourth-order valence-corrected chi connectivity index (χ4v) is 4.13. The number of hydrogen-bond donors (Lipinski definition) is 2. The van der Waals surface area contributed by atoms with Gasteiger partial charge >= 0.3 is 12.0 Å². The third-order valence-corrected chi connectivity index (χ3v) is 6.46. The summed E-state index contributed by atoms with van der Waals surface area (Å²) < 4.78 is 0. The molecule has 2 rings (SSSR count). The lowest BCUT2D eigenvalue weighted by molar-refractivity contribution is -0.138. The highest BCUT2D eigenvalue weighted by atomic mass is 32.2. The van der Waals surface area contributed by atoms with Crippen LogP contribution >= 0.6 is 11.8 Å². The van der Waals surface area contributed by atoms with E-state index >= 15 is 0 Å². The van der Waals surface area contributed by atoms with Gasteiger partial charge in [-0.05, 0) is 54.3 Å². The van der Waals surface area contributed by atoms with E-state index in [2.05, 4.69) is 17.2 Å². The van der Waals surface area contributed by atoms with E-state index in [1.807, 2.05) is 58.0 Å². The molecule has 2 aromatic carbocycles. The largest absolute Gasteiger partial charge is 0.480 e. The van der Waals surface area contributed by atoms with E-state index in [-0.39, 0.29) is 18.2 Å². The van der Waals surface area contributed by atoms with Crippen molar-refractivity contribution in [1.82, 2.24) is 10.2 Å². The van der Waals surface area contributed by atoms with Gasteiger partial charge in [-0.25, -0.2) is 9.59 Å². The predicted molar refractivity (Wildman–Crippen MR) is 141 cm³/mol. The molecule has 0 heterocycles. The summed E-state index contributed by atoms with van der Waals surface area (Å²) in [5, 5.41) is 12.1. The van der Waals surface area contributed by atoms with Crippen molar-refractivity contribution in [2.45, 2.75) is 40.2 Å². The van der Waals surface area contributed by atoms with Gasteiger partial charge in [-0.15, -0.1) is 0 Å². The molecule has 0 radical (unpaired) electrons. The Hall–Kier alpha value is -3.24. The van der Waals surface area contributed by atoms with Gasteiger partial charge in [0.25, 0.3) is 5.91 Å². The van der Waals surface area contributed by atoms with Crippen LogP contribution in [0.1, 0.15) is 55.6 Å². The van der Waals surface area contributed by atoms with Crippen molar-refractivity contribution in [2.24, 2.45) is 11.8 Å². The minimum atomic E-state index is -1.12. The summed E-state index contributed by atoms with van der Waals surface area (Å²) in [6.45, 7) is 8.29. The lowest BCUT2D eigenvalue weighted by atomic mass is 10.1. The summed E-state index contributed by atoms with van der Waals surface area (Å²) >= 11 is 1.47. The molecule has 7 heteroatoms. The number of nitrogens with one attached hydrogen (secondary N) is 1. The van der Waals surface area contributed by atoms with Crippen molar-refractivity contribution < 1.29 is 19.5 Å². The third kappa shape index (κ3) is 9.87. The molecule has 2 N–H and O–H groups in total. The first kappa shape index (κ1) is 28.0. The zero-order chi connectivity index (χ0) is 25.8. The van der Waals surface area contributed by atoms with Crippen LogP contribution in [0, 0.1) is 23.7 Å². The second kappa shape index (κ2) is 14.2. The van der Waals surface area contributed by atoms with Crippen molar-refractivity contribution in [3.63, 3.8) is 0 Å². The molecule has 0 aliphatic carbocycles. The maximum absolute atomic E-state index is 13.3. The van der Waals surface area contributed by atoms with Gasteiger partial charge in [0, 0.05) is 29.0 Å². The smallest absolute Gasteiger partial charge is 0.327 e.